The molecular formula is C13H22O. The zero-order valence-electron chi connectivity index (χ0n) is 9.42. The first-order valence-electron chi connectivity index (χ1n) is 5.79. The summed E-state index contributed by atoms with van der Waals surface area (Å²) in [6, 6.07) is 0. The van der Waals surface area contributed by atoms with E-state index < -0.39 is 0 Å². The Hall–Kier alpha value is -0.300. The highest BCUT2D eigenvalue weighted by molar-refractivity contribution is 5.05. The van der Waals surface area contributed by atoms with Crippen LogP contribution in [0.15, 0.2) is 12.7 Å². The molecule has 1 heteroatoms. The van der Waals surface area contributed by atoms with E-state index in [0.29, 0.717) is 11.3 Å². The summed E-state index contributed by atoms with van der Waals surface area (Å²) < 4.78 is 0. The van der Waals surface area contributed by atoms with Gasteiger partial charge in [-0.25, -0.2) is 0 Å². The first-order chi connectivity index (χ1) is 6.50. The van der Waals surface area contributed by atoms with Crippen LogP contribution in [0.25, 0.3) is 0 Å². The fraction of sp³-hybridized carbons (Fsp3) is 0.846. The average molecular weight is 194 g/mol. The van der Waals surface area contributed by atoms with Gasteiger partial charge >= 0.3 is 0 Å². The monoisotopic (exact) mass is 194 g/mol. The lowest BCUT2D eigenvalue weighted by molar-refractivity contribution is -0.0585. The van der Waals surface area contributed by atoms with Gasteiger partial charge in [-0.05, 0) is 48.9 Å². The fourth-order valence-electron chi connectivity index (χ4n) is 3.66. The van der Waals surface area contributed by atoms with Crippen LogP contribution in [-0.4, -0.2) is 11.2 Å². The van der Waals surface area contributed by atoms with Crippen LogP contribution in [0.1, 0.15) is 46.0 Å². The third-order valence-corrected chi connectivity index (χ3v) is 4.80. The van der Waals surface area contributed by atoms with Crippen molar-refractivity contribution in [2.45, 2.75) is 52.1 Å². The molecule has 4 atom stereocenters. The van der Waals surface area contributed by atoms with E-state index in [4.69, 9.17) is 0 Å². The first-order valence-corrected chi connectivity index (χ1v) is 5.79. The molecule has 0 aromatic heterocycles. The molecule has 2 fully saturated rings. The zero-order chi connectivity index (χ0) is 10.4. The number of fused-ring (bicyclic) bond motifs is 2. The van der Waals surface area contributed by atoms with Crippen molar-refractivity contribution < 1.29 is 5.11 Å². The van der Waals surface area contributed by atoms with Crippen LogP contribution >= 0.6 is 0 Å². The highest BCUT2D eigenvalue weighted by atomic mass is 16.3. The van der Waals surface area contributed by atoms with E-state index in [1.165, 1.54) is 19.3 Å². The molecule has 1 nitrogen and oxygen atoms in total. The Morgan fingerprint density at radius 1 is 1.43 bits per heavy atom. The summed E-state index contributed by atoms with van der Waals surface area (Å²) in [5.74, 6) is 0.717. The minimum absolute atomic E-state index is 0.109. The van der Waals surface area contributed by atoms with Crippen LogP contribution in [0.4, 0.5) is 0 Å². The van der Waals surface area contributed by atoms with Gasteiger partial charge in [0.05, 0.1) is 6.10 Å². The van der Waals surface area contributed by atoms with Gasteiger partial charge in [0.2, 0.25) is 0 Å². The summed E-state index contributed by atoms with van der Waals surface area (Å²) >= 11 is 0. The second-order valence-corrected chi connectivity index (χ2v) is 5.97. The van der Waals surface area contributed by atoms with Gasteiger partial charge in [0.15, 0.2) is 0 Å². The highest BCUT2D eigenvalue weighted by Crippen LogP contribution is 2.59. The zero-order valence-corrected chi connectivity index (χ0v) is 9.42. The molecule has 0 amide bonds. The van der Waals surface area contributed by atoms with Crippen LogP contribution in [0.5, 0.6) is 0 Å². The minimum atomic E-state index is -0.119. The average Bonchev–Trinajstić information content (AvgIpc) is 2.44. The molecule has 0 aromatic rings. The largest absolute Gasteiger partial charge is 0.393 e. The van der Waals surface area contributed by atoms with E-state index >= 15 is 0 Å². The number of hydrogen-bond donors (Lipinski definition) is 1. The number of aliphatic hydroxyl groups is 1. The summed E-state index contributed by atoms with van der Waals surface area (Å²) in [6.45, 7) is 8.40. The van der Waals surface area contributed by atoms with Crippen LogP contribution in [-0.2, 0) is 0 Å². The van der Waals surface area contributed by atoms with E-state index in [-0.39, 0.29) is 11.5 Å². The molecule has 2 saturated carbocycles. The van der Waals surface area contributed by atoms with Gasteiger partial charge in [0.1, 0.15) is 0 Å². The van der Waals surface area contributed by atoms with Crippen molar-refractivity contribution >= 4 is 0 Å². The molecule has 1 N–H and O–H groups in total. The van der Waals surface area contributed by atoms with Crippen molar-refractivity contribution in [3.05, 3.63) is 12.7 Å². The van der Waals surface area contributed by atoms with Crippen molar-refractivity contribution in [2.75, 3.05) is 0 Å². The van der Waals surface area contributed by atoms with Crippen molar-refractivity contribution in [1.82, 2.24) is 0 Å². The Bertz CT molecular complexity index is 248. The van der Waals surface area contributed by atoms with Gasteiger partial charge in [0, 0.05) is 0 Å². The SMILES string of the molecule is C=CCC1(C)C(O)CC2(C)CCC1C2. The van der Waals surface area contributed by atoms with E-state index in [9.17, 15) is 5.11 Å². The van der Waals surface area contributed by atoms with E-state index in [1.54, 1.807) is 0 Å². The lowest BCUT2D eigenvalue weighted by atomic mass is 9.61. The maximum absolute atomic E-state index is 10.3. The molecule has 0 aromatic carbocycles. The highest BCUT2D eigenvalue weighted by Gasteiger charge is 2.53. The maximum Gasteiger partial charge on any atom is 0.0604 e. The second kappa shape index (κ2) is 3.10. The molecule has 0 heterocycles. The summed E-state index contributed by atoms with van der Waals surface area (Å²) in [7, 11) is 0. The summed E-state index contributed by atoms with van der Waals surface area (Å²) in [4.78, 5) is 0. The van der Waals surface area contributed by atoms with Gasteiger partial charge in [-0.3, -0.25) is 0 Å². The normalized spacial score (nSPS) is 51.9. The number of aliphatic hydroxyl groups excluding tert-OH is 1. The summed E-state index contributed by atoms with van der Waals surface area (Å²) in [6.07, 6.45) is 7.74. The van der Waals surface area contributed by atoms with Gasteiger partial charge in [-0.2, -0.15) is 0 Å². The Balaban J connectivity index is 2.23. The van der Waals surface area contributed by atoms with Gasteiger partial charge < -0.3 is 5.11 Å². The van der Waals surface area contributed by atoms with Crippen molar-refractivity contribution in [2.24, 2.45) is 16.7 Å². The molecule has 2 bridgehead atoms. The Morgan fingerprint density at radius 2 is 2.14 bits per heavy atom. The first kappa shape index (κ1) is 10.2. The standard InChI is InChI=1S/C13H22O/c1-4-6-13(3)10-5-7-12(2,8-10)9-11(13)14/h4,10-11,14H,1,5-9H2,2-3H3. The number of allylic oxidation sites excluding steroid dienone is 1. The van der Waals surface area contributed by atoms with Crippen LogP contribution in [0.2, 0.25) is 0 Å². The minimum Gasteiger partial charge on any atom is -0.393 e. The van der Waals surface area contributed by atoms with Crippen molar-refractivity contribution in [1.29, 1.82) is 0 Å². The van der Waals surface area contributed by atoms with E-state index in [2.05, 4.69) is 20.4 Å². The molecule has 2 rings (SSSR count). The van der Waals surface area contributed by atoms with E-state index in [1.807, 2.05) is 6.08 Å². The molecule has 0 saturated heterocycles. The Kier molecular flexibility index (Phi) is 2.26. The fourth-order valence-corrected chi connectivity index (χ4v) is 3.66. The summed E-state index contributed by atoms with van der Waals surface area (Å²) in [5, 5.41) is 10.3. The summed E-state index contributed by atoms with van der Waals surface area (Å²) in [5.41, 5.74) is 0.544. The molecule has 0 spiro atoms. The Labute approximate surface area is 87.2 Å². The third kappa shape index (κ3) is 1.33. The molecule has 0 aliphatic heterocycles. The number of hydrogen-bond acceptors (Lipinski definition) is 1. The molecule has 2 aliphatic rings. The van der Waals surface area contributed by atoms with Gasteiger partial charge in [0.25, 0.3) is 0 Å². The van der Waals surface area contributed by atoms with Crippen LogP contribution in [0.3, 0.4) is 0 Å². The molecular weight excluding hydrogens is 172 g/mol. The molecule has 80 valence electrons. The predicted octanol–water partition coefficient (Wildman–Crippen LogP) is 3.14. The Morgan fingerprint density at radius 3 is 2.79 bits per heavy atom. The van der Waals surface area contributed by atoms with Gasteiger partial charge in [-0.15, -0.1) is 6.58 Å². The third-order valence-electron chi connectivity index (χ3n) is 4.80. The molecule has 2 aliphatic carbocycles. The molecule has 0 radical (unpaired) electrons. The van der Waals surface area contributed by atoms with E-state index in [0.717, 1.165) is 12.8 Å². The topological polar surface area (TPSA) is 20.2 Å². The molecule has 14 heavy (non-hydrogen) atoms. The van der Waals surface area contributed by atoms with Crippen molar-refractivity contribution in [3.8, 4) is 0 Å². The number of rotatable bonds is 2. The van der Waals surface area contributed by atoms with Crippen LogP contribution < -0.4 is 0 Å². The van der Waals surface area contributed by atoms with Crippen LogP contribution in [0, 0.1) is 16.7 Å². The van der Waals surface area contributed by atoms with Gasteiger partial charge in [-0.1, -0.05) is 19.9 Å². The van der Waals surface area contributed by atoms with Crippen molar-refractivity contribution in [3.63, 3.8) is 0 Å². The predicted molar refractivity (Wildman–Crippen MR) is 59.0 cm³/mol. The quantitative estimate of drug-likeness (QED) is 0.670. The smallest absolute Gasteiger partial charge is 0.0604 e. The lowest BCUT2D eigenvalue weighted by Crippen LogP contribution is -2.44. The second-order valence-electron chi connectivity index (χ2n) is 5.97. The maximum atomic E-state index is 10.3. The molecule has 4 unspecified atom stereocenters. The lowest BCUT2D eigenvalue weighted by Gasteiger charge is -2.46.